The van der Waals surface area contributed by atoms with Gasteiger partial charge in [0.25, 0.3) is 10.0 Å². The summed E-state index contributed by atoms with van der Waals surface area (Å²) in [5, 5.41) is -0.0107. The Labute approximate surface area is 115 Å². The number of rotatable bonds is 3. The minimum Gasteiger partial charge on any atom is -0.263 e. The van der Waals surface area contributed by atoms with Crippen molar-refractivity contribution in [2.45, 2.75) is 18.7 Å². The smallest absolute Gasteiger partial charge is 0.263 e. The van der Waals surface area contributed by atoms with Crippen LogP contribution in [0.25, 0.3) is 0 Å². The van der Waals surface area contributed by atoms with E-state index in [1.54, 1.807) is 13.0 Å². The second-order valence-corrected chi connectivity index (χ2v) is 5.98. The Balaban J connectivity index is 2.33. The molecule has 0 radical (unpaired) electrons. The second kappa shape index (κ2) is 5.10. The van der Waals surface area contributed by atoms with Gasteiger partial charge in [-0.05, 0) is 43.1 Å². The van der Waals surface area contributed by atoms with Crippen LogP contribution in [0.2, 0.25) is 5.28 Å². The summed E-state index contributed by atoms with van der Waals surface area (Å²) in [6.45, 7) is 3.65. The van der Waals surface area contributed by atoms with Crippen LogP contribution in [0.5, 0.6) is 0 Å². The van der Waals surface area contributed by atoms with E-state index >= 15 is 0 Å². The fraction of sp³-hybridized carbons (Fsp3) is 0.182. The lowest BCUT2D eigenvalue weighted by Gasteiger charge is -2.08. The van der Waals surface area contributed by atoms with E-state index in [1.807, 2.05) is 13.0 Å². The van der Waals surface area contributed by atoms with E-state index in [-0.39, 0.29) is 16.0 Å². The first-order valence-electron chi connectivity index (χ1n) is 5.32. The van der Waals surface area contributed by atoms with Gasteiger partial charge in [-0.2, -0.15) is 0 Å². The second-order valence-electron chi connectivity index (χ2n) is 3.96. The molecule has 0 atom stereocenters. The van der Waals surface area contributed by atoms with E-state index in [2.05, 4.69) is 19.7 Å². The minimum absolute atomic E-state index is 0.0107. The molecule has 2 rings (SSSR count). The van der Waals surface area contributed by atoms with Gasteiger partial charge in [0, 0.05) is 5.69 Å². The van der Waals surface area contributed by atoms with Crippen LogP contribution in [0.4, 0.5) is 5.82 Å². The molecule has 0 aromatic carbocycles. The Morgan fingerprint density at radius 1 is 1.16 bits per heavy atom. The number of sulfonamides is 1. The van der Waals surface area contributed by atoms with E-state index in [1.165, 1.54) is 0 Å². The Hall–Kier alpha value is -1.73. The van der Waals surface area contributed by atoms with Crippen molar-refractivity contribution in [2.75, 3.05) is 4.72 Å². The number of anilines is 1. The average Bonchev–Trinajstić information content (AvgIpc) is 2.27. The summed E-state index contributed by atoms with van der Waals surface area (Å²) < 4.78 is 26.5. The first-order valence-corrected chi connectivity index (χ1v) is 7.18. The molecule has 19 heavy (non-hydrogen) atoms. The third kappa shape index (κ3) is 3.39. The Morgan fingerprint density at radius 2 is 1.79 bits per heavy atom. The summed E-state index contributed by atoms with van der Waals surface area (Å²) in [6.07, 6.45) is 2.28. The largest absolute Gasteiger partial charge is 0.266 e. The van der Waals surface area contributed by atoms with Crippen LogP contribution < -0.4 is 4.72 Å². The number of aromatic nitrogens is 3. The number of pyridine rings is 1. The van der Waals surface area contributed by atoms with Crippen molar-refractivity contribution in [3.63, 3.8) is 0 Å². The Kier molecular flexibility index (Phi) is 3.68. The third-order valence-corrected chi connectivity index (χ3v) is 3.75. The van der Waals surface area contributed by atoms with Crippen molar-refractivity contribution in [2.24, 2.45) is 0 Å². The van der Waals surface area contributed by atoms with Crippen molar-refractivity contribution < 1.29 is 8.42 Å². The zero-order valence-corrected chi connectivity index (χ0v) is 11.8. The van der Waals surface area contributed by atoms with Crippen LogP contribution >= 0.6 is 11.6 Å². The van der Waals surface area contributed by atoms with Gasteiger partial charge in [-0.15, -0.1) is 0 Å². The molecule has 8 heteroatoms. The molecule has 1 N–H and O–H groups in total. The highest BCUT2D eigenvalue weighted by molar-refractivity contribution is 7.92. The molecule has 6 nitrogen and oxygen atoms in total. The van der Waals surface area contributed by atoms with Crippen LogP contribution in [0.15, 0.2) is 29.4 Å². The van der Waals surface area contributed by atoms with Gasteiger partial charge >= 0.3 is 0 Å². The molecule has 2 aromatic rings. The summed E-state index contributed by atoms with van der Waals surface area (Å²) >= 11 is 5.51. The summed E-state index contributed by atoms with van der Waals surface area (Å²) in [5.41, 5.74) is 1.64. The summed E-state index contributed by atoms with van der Waals surface area (Å²) in [7, 11) is -3.76. The summed E-state index contributed by atoms with van der Waals surface area (Å²) in [4.78, 5) is 11.3. The molecular formula is C11H11ClN4O2S. The highest BCUT2D eigenvalue weighted by Crippen LogP contribution is 2.15. The van der Waals surface area contributed by atoms with Crippen LogP contribution in [0.1, 0.15) is 11.3 Å². The standard InChI is InChI=1S/C11H11ClN4O2S/c1-7-3-8(2)15-10(4-7)16-19(17,18)9-5-13-11(12)14-6-9/h3-6H,1-2H3,(H,15,16). The van der Waals surface area contributed by atoms with Crippen LogP contribution in [-0.4, -0.2) is 23.4 Å². The minimum atomic E-state index is -3.76. The van der Waals surface area contributed by atoms with Crippen molar-refractivity contribution in [3.8, 4) is 0 Å². The van der Waals surface area contributed by atoms with Crippen molar-refractivity contribution in [3.05, 3.63) is 41.1 Å². The molecule has 0 unspecified atom stereocenters. The fourth-order valence-electron chi connectivity index (χ4n) is 1.53. The number of aryl methyl sites for hydroxylation is 2. The monoisotopic (exact) mass is 298 g/mol. The SMILES string of the molecule is Cc1cc(C)nc(NS(=O)(=O)c2cnc(Cl)nc2)c1. The predicted molar refractivity (Wildman–Crippen MR) is 71.6 cm³/mol. The molecule has 100 valence electrons. The molecule has 0 amide bonds. The Morgan fingerprint density at radius 3 is 2.37 bits per heavy atom. The summed E-state index contributed by atoms with van der Waals surface area (Å²) in [5.74, 6) is 0.257. The molecule has 0 saturated carbocycles. The first-order chi connectivity index (χ1) is 8.87. The molecule has 0 spiro atoms. The molecule has 2 heterocycles. The van der Waals surface area contributed by atoms with Gasteiger partial charge in [-0.3, -0.25) is 4.72 Å². The van der Waals surface area contributed by atoms with Crippen molar-refractivity contribution in [1.29, 1.82) is 0 Å². The Bertz CT molecular complexity index is 681. The molecule has 0 bridgehead atoms. The number of nitrogens with zero attached hydrogens (tertiary/aromatic N) is 3. The lowest BCUT2D eigenvalue weighted by molar-refractivity contribution is 0.600. The van der Waals surface area contributed by atoms with E-state index < -0.39 is 10.0 Å². The maximum absolute atomic E-state index is 12.1. The lowest BCUT2D eigenvalue weighted by Crippen LogP contribution is -2.15. The number of nitrogens with one attached hydrogen (secondary N) is 1. The highest BCUT2D eigenvalue weighted by Gasteiger charge is 2.16. The lowest BCUT2D eigenvalue weighted by atomic mass is 10.2. The molecular weight excluding hydrogens is 288 g/mol. The average molecular weight is 299 g/mol. The topological polar surface area (TPSA) is 84.8 Å². The highest BCUT2D eigenvalue weighted by atomic mass is 35.5. The van der Waals surface area contributed by atoms with Crippen LogP contribution in [0.3, 0.4) is 0 Å². The zero-order chi connectivity index (χ0) is 14.0. The van der Waals surface area contributed by atoms with E-state index in [9.17, 15) is 8.42 Å². The maximum atomic E-state index is 12.1. The van der Waals surface area contributed by atoms with E-state index in [0.29, 0.717) is 0 Å². The number of hydrogen-bond acceptors (Lipinski definition) is 5. The van der Waals surface area contributed by atoms with E-state index in [4.69, 9.17) is 11.6 Å². The van der Waals surface area contributed by atoms with Gasteiger partial charge in [-0.25, -0.2) is 23.4 Å². The fourth-order valence-corrected chi connectivity index (χ4v) is 2.51. The predicted octanol–water partition coefficient (Wildman–Crippen LogP) is 1.94. The van der Waals surface area contributed by atoms with Crippen molar-refractivity contribution >= 4 is 27.4 Å². The van der Waals surface area contributed by atoms with Crippen molar-refractivity contribution in [1.82, 2.24) is 15.0 Å². The zero-order valence-electron chi connectivity index (χ0n) is 10.3. The molecule has 0 fully saturated rings. The quantitative estimate of drug-likeness (QED) is 0.875. The van der Waals surface area contributed by atoms with E-state index in [0.717, 1.165) is 23.7 Å². The van der Waals surface area contributed by atoms with Gasteiger partial charge in [0.05, 0.1) is 12.4 Å². The van der Waals surface area contributed by atoms with Crippen LogP contribution in [-0.2, 0) is 10.0 Å². The molecule has 0 saturated heterocycles. The normalized spacial score (nSPS) is 11.3. The number of hydrogen-bond donors (Lipinski definition) is 1. The van der Waals surface area contributed by atoms with Crippen LogP contribution in [0, 0.1) is 13.8 Å². The maximum Gasteiger partial charge on any atom is 0.266 e. The van der Waals surface area contributed by atoms with Gasteiger partial charge < -0.3 is 0 Å². The van der Waals surface area contributed by atoms with Gasteiger partial charge in [0.1, 0.15) is 10.7 Å². The molecule has 0 aliphatic heterocycles. The van der Waals surface area contributed by atoms with Gasteiger partial charge in [0.15, 0.2) is 0 Å². The summed E-state index contributed by atoms with van der Waals surface area (Å²) in [6, 6.07) is 3.49. The van der Waals surface area contributed by atoms with Gasteiger partial charge in [-0.1, -0.05) is 0 Å². The number of halogens is 1. The molecule has 2 aromatic heterocycles. The molecule has 0 aliphatic rings. The molecule has 0 aliphatic carbocycles. The third-order valence-electron chi connectivity index (χ3n) is 2.24. The first kappa shape index (κ1) is 13.7. The van der Waals surface area contributed by atoms with Gasteiger partial charge in [0.2, 0.25) is 5.28 Å².